The van der Waals surface area contributed by atoms with Gasteiger partial charge in [-0.25, -0.2) is 4.98 Å². The van der Waals surface area contributed by atoms with Crippen LogP contribution in [-0.2, 0) is 9.59 Å². The zero-order valence-corrected chi connectivity index (χ0v) is 17.3. The van der Waals surface area contributed by atoms with E-state index in [1.807, 2.05) is 24.4 Å². The highest BCUT2D eigenvalue weighted by molar-refractivity contribution is 7.09. The molecule has 1 N–H and O–H groups in total. The van der Waals surface area contributed by atoms with Gasteiger partial charge in [0, 0.05) is 16.5 Å². The van der Waals surface area contributed by atoms with Crippen LogP contribution in [0, 0.1) is 6.92 Å². The predicted molar refractivity (Wildman–Crippen MR) is 115 cm³/mol. The first-order valence-electron chi connectivity index (χ1n) is 9.57. The van der Waals surface area contributed by atoms with E-state index < -0.39 is 0 Å². The minimum atomic E-state index is -0.304. The molecule has 0 unspecified atom stereocenters. The van der Waals surface area contributed by atoms with Gasteiger partial charge in [-0.2, -0.15) is 0 Å². The van der Waals surface area contributed by atoms with Crippen molar-refractivity contribution in [2.75, 3.05) is 30.0 Å². The van der Waals surface area contributed by atoms with Crippen molar-refractivity contribution in [3.05, 3.63) is 52.3 Å². The maximum absolute atomic E-state index is 13.0. The molecule has 156 valence electrons. The monoisotopic (exact) mass is 435 g/mol. The summed E-state index contributed by atoms with van der Waals surface area (Å²) >= 11 is 1.54. The Morgan fingerprint density at radius 2 is 1.94 bits per heavy atom. The molecule has 0 bridgehead atoms. The summed E-state index contributed by atoms with van der Waals surface area (Å²) in [5.74, 6) is 0.196. The molecule has 2 aliphatic heterocycles. The minimum Gasteiger partial charge on any atom is -0.482 e. The molecule has 0 saturated heterocycles. The Hall–Kier alpha value is -3.72. The first-order valence-corrected chi connectivity index (χ1v) is 10.5. The summed E-state index contributed by atoms with van der Waals surface area (Å²) in [6.45, 7) is 1.59. The highest BCUT2D eigenvalue weighted by Gasteiger charge is 2.29. The van der Waals surface area contributed by atoms with Crippen molar-refractivity contribution >= 4 is 40.3 Å². The van der Waals surface area contributed by atoms with E-state index >= 15 is 0 Å². The topological polar surface area (TPSA) is 97.8 Å². The SMILES string of the molecule is Cc1nc(-c2ccc3c(c2)N(CC(=O)c2ccc4c(c2)NC(=O)CO4)C(=O)CO3)cs1. The number of Topliss-reactive ketones (excluding diaryl/α,β-unsaturated/α-hetero) is 1. The van der Waals surface area contributed by atoms with Gasteiger partial charge in [0.15, 0.2) is 19.0 Å². The van der Waals surface area contributed by atoms with Gasteiger partial charge < -0.3 is 14.8 Å². The molecule has 9 heteroatoms. The Bertz CT molecular complexity index is 1240. The van der Waals surface area contributed by atoms with Crippen LogP contribution in [-0.4, -0.2) is 42.3 Å². The summed E-state index contributed by atoms with van der Waals surface area (Å²) in [4.78, 5) is 43.1. The van der Waals surface area contributed by atoms with Gasteiger partial charge in [0.25, 0.3) is 11.8 Å². The maximum atomic E-state index is 13.0. The number of fused-ring (bicyclic) bond motifs is 2. The van der Waals surface area contributed by atoms with Crippen LogP contribution in [0.2, 0.25) is 0 Å². The summed E-state index contributed by atoms with van der Waals surface area (Å²) in [7, 11) is 0. The zero-order chi connectivity index (χ0) is 21.5. The Balaban J connectivity index is 1.44. The van der Waals surface area contributed by atoms with Crippen molar-refractivity contribution < 1.29 is 23.9 Å². The Morgan fingerprint density at radius 1 is 1.13 bits per heavy atom. The average Bonchev–Trinajstić information content (AvgIpc) is 3.21. The lowest BCUT2D eigenvalue weighted by Crippen LogP contribution is -2.42. The predicted octanol–water partition coefficient (Wildman–Crippen LogP) is 3.06. The summed E-state index contributed by atoms with van der Waals surface area (Å²) in [6, 6.07) is 10.3. The second kappa shape index (κ2) is 7.51. The van der Waals surface area contributed by atoms with Crippen molar-refractivity contribution in [3.63, 3.8) is 0 Å². The van der Waals surface area contributed by atoms with Crippen LogP contribution in [0.1, 0.15) is 15.4 Å². The summed E-state index contributed by atoms with van der Waals surface area (Å²) in [6.07, 6.45) is 0. The van der Waals surface area contributed by atoms with Gasteiger partial charge >= 0.3 is 0 Å². The molecule has 0 atom stereocenters. The molecule has 31 heavy (non-hydrogen) atoms. The molecule has 1 aromatic heterocycles. The van der Waals surface area contributed by atoms with Crippen molar-refractivity contribution in [3.8, 4) is 22.8 Å². The third kappa shape index (κ3) is 3.64. The molecule has 3 aromatic rings. The largest absolute Gasteiger partial charge is 0.482 e. The number of rotatable bonds is 4. The fourth-order valence-corrected chi connectivity index (χ4v) is 4.14. The molecule has 2 aromatic carbocycles. The van der Waals surface area contributed by atoms with E-state index in [0.717, 1.165) is 16.3 Å². The number of anilines is 2. The molecule has 0 spiro atoms. The Labute approximate surface area is 181 Å². The van der Waals surface area contributed by atoms with Gasteiger partial charge in [-0.1, -0.05) is 0 Å². The number of aryl methyl sites for hydroxylation is 1. The average molecular weight is 435 g/mol. The lowest BCUT2D eigenvalue weighted by molar-refractivity contribution is -0.121. The standard InChI is InChI=1S/C22H17N3O5S/c1-12-23-16(11-31-12)13-2-5-20-17(7-13)25(22(28)10-30-20)8-18(26)14-3-4-19-15(6-14)24-21(27)9-29-19/h2-7,11H,8-10H2,1H3,(H,24,27). The smallest absolute Gasteiger partial charge is 0.265 e. The van der Waals surface area contributed by atoms with Gasteiger partial charge in [-0.3, -0.25) is 19.3 Å². The number of benzene rings is 2. The third-order valence-corrected chi connectivity index (χ3v) is 5.83. The molecule has 2 aliphatic rings. The van der Waals surface area contributed by atoms with E-state index in [9.17, 15) is 14.4 Å². The van der Waals surface area contributed by atoms with E-state index in [1.165, 1.54) is 4.90 Å². The van der Waals surface area contributed by atoms with Crippen LogP contribution < -0.4 is 19.7 Å². The number of hydrogen-bond donors (Lipinski definition) is 1. The third-order valence-electron chi connectivity index (χ3n) is 5.05. The van der Waals surface area contributed by atoms with Crippen LogP contribution in [0.15, 0.2) is 41.8 Å². The number of carbonyl (C=O) groups excluding carboxylic acids is 3. The van der Waals surface area contributed by atoms with Crippen LogP contribution in [0.5, 0.6) is 11.5 Å². The fourth-order valence-electron chi connectivity index (χ4n) is 3.52. The van der Waals surface area contributed by atoms with E-state index in [4.69, 9.17) is 9.47 Å². The molecule has 8 nitrogen and oxygen atoms in total. The number of aromatic nitrogens is 1. The summed E-state index contributed by atoms with van der Waals surface area (Å²) in [5.41, 5.74) is 2.99. The Kier molecular flexibility index (Phi) is 4.67. The van der Waals surface area contributed by atoms with Gasteiger partial charge in [0.1, 0.15) is 11.5 Å². The van der Waals surface area contributed by atoms with Crippen LogP contribution in [0.3, 0.4) is 0 Å². The van der Waals surface area contributed by atoms with E-state index in [2.05, 4.69) is 10.3 Å². The highest BCUT2D eigenvalue weighted by Crippen LogP contribution is 2.36. The van der Waals surface area contributed by atoms with Gasteiger partial charge in [-0.05, 0) is 43.3 Å². The molecule has 2 amide bonds. The molecule has 3 heterocycles. The van der Waals surface area contributed by atoms with Crippen molar-refractivity contribution in [1.29, 1.82) is 0 Å². The Morgan fingerprint density at radius 3 is 2.74 bits per heavy atom. The van der Waals surface area contributed by atoms with E-state index in [0.29, 0.717) is 28.4 Å². The molecular weight excluding hydrogens is 418 g/mol. The first kappa shape index (κ1) is 19.3. The van der Waals surface area contributed by atoms with Crippen LogP contribution >= 0.6 is 11.3 Å². The van der Waals surface area contributed by atoms with Crippen molar-refractivity contribution in [2.45, 2.75) is 6.92 Å². The van der Waals surface area contributed by atoms with Gasteiger partial charge in [-0.15, -0.1) is 11.3 Å². The van der Waals surface area contributed by atoms with Gasteiger partial charge in [0.2, 0.25) is 0 Å². The summed E-state index contributed by atoms with van der Waals surface area (Å²) < 4.78 is 10.9. The number of hydrogen-bond acceptors (Lipinski definition) is 7. The number of nitrogens with zero attached hydrogens (tertiary/aromatic N) is 2. The fraction of sp³-hybridized carbons (Fsp3) is 0.182. The molecule has 0 aliphatic carbocycles. The van der Waals surface area contributed by atoms with Crippen molar-refractivity contribution in [1.82, 2.24) is 4.98 Å². The normalized spacial score (nSPS) is 14.8. The molecule has 5 rings (SSSR count). The highest BCUT2D eigenvalue weighted by atomic mass is 32.1. The second-order valence-corrected chi connectivity index (χ2v) is 8.24. The molecule has 0 fully saturated rings. The summed E-state index contributed by atoms with van der Waals surface area (Å²) in [5, 5.41) is 5.57. The molecular formula is C22H17N3O5S. The number of nitrogens with one attached hydrogen (secondary N) is 1. The lowest BCUT2D eigenvalue weighted by Gasteiger charge is -2.29. The second-order valence-electron chi connectivity index (χ2n) is 7.17. The van der Waals surface area contributed by atoms with Crippen LogP contribution in [0.4, 0.5) is 11.4 Å². The number of thiazole rings is 1. The number of carbonyl (C=O) groups is 3. The number of ether oxygens (including phenoxy) is 2. The number of ketones is 1. The zero-order valence-electron chi connectivity index (χ0n) is 16.5. The molecule has 0 saturated carbocycles. The van der Waals surface area contributed by atoms with E-state index in [-0.39, 0.29) is 37.4 Å². The lowest BCUT2D eigenvalue weighted by atomic mass is 10.1. The first-order chi connectivity index (χ1) is 15.0. The van der Waals surface area contributed by atoms with Gasteiger partial charge in [0.05, 0.1) is 28.6 Å². The van der Waals surface area contributed by atoms with Crippen molar-refractivity contribution in [2.24, 2.45) is 0 Å². The van der Waals surface area contributed by atoms with E-state index in [1.54, 1.807) is 35.6 Å². The number of amides is 2. The minimum absolute atomic E-state index is 0.0554. The van der Waals surface area contributed by atoms with Crippen LogP contribution in [0.25, 0.3) is 11.3 Å². The quantitative estimate of drug-likeness (QED) is 0.633. The maximum Gasteiger partial charge on any atom is 0.265 e. The molecule has 0 radical (unpaired) electrons.